The average molecular weight is 337 g/mol. The second kappa shape index (κ2) is 8.05. The molecule has 2 aromatic rings. The third kappa shape index (κ3) is 4.64. The van der Waals surface area contributed by atoms with Gasteiger partial charge in [0, 0.05) is 11.4 Å². The maximum Gasteiger partial charge on any atom is 0.267 e. The van der Waals surface area contributed by atoms with Gasteiger partial charge in [-0.1, -0.05) is 19.9 Å². The maximum absolute atomic E-state index is 11.9. The number of anilines is 1. The Morgan fingerprint density at radius 2 is 2.05 bits per heavy atom. The lowest BCUT2D eigenvalue weighted by Gasteiger charge is -2.13. The average Bonchev–Trinajstić information content (AvgIpc) is 3.16. The molecule has 0 spiro atoms. The number of aromatic nitrogens is 1. The first kappa shape index (κ1) is 16.6. The van der Waals surface area contributed by atoms with Crippen LogP contribution in [-0.4, -0.2) is 22.8 Å². The molecule has 0 aliphatic carbocycles. The summed E-state index contributed by atoms with van der Waals surface area (Å²) in [4.78, 5) is 28.8. The number of amides is 2. The van der Waals surface area contributed by atoms with Crippen molar-refractivity contribution in [2.75, 3.05) is 5.32 Å². The minimum absolute atomic E-state index is 0.0323. The van der Waals surface area contributed by atoms with Crippen molar-refractivity contribution in [2.24, 2.45) is 0 Å². The SMILES string of the molecule is CCC(CC)NC(=O)Cc1csc(NC(=O)c2cccs2)n1. The first-order chi connectivity index (χ1) is 10.6. The van der Waals surface area contributed by atoms with Crippen molar-refractivity contribution in [2.45, 2.75) is 39.2 Å². The number of hydrogen-bond donors (Lipinski definition) is 2. The van der Waals surface area contributed by atoms with Crippen LogP contribution in [0.15, 0.2) is 22.9 Å². The van der Waals surface area contributed by atoms with E-state index in [1.54, 1.807) is 11.4 Å². The van der Waals surface area contributed by atoms with Gasteiger partial charge in [0.25, 0.3) is 5.91 Å². The lowest BCUT2D eigenvalue weighted by Crippen LogP contribution is -2.34. The fourth-order valence-electron chi connectivity index (χ4n) is 1.95. The van der Waals surface area contributed by atoms with Crippen molar-refractivity contribution in [3.05, 3.63) is 33.5 Å². The van der Waals surface area contributed by atoms with Crippen molar-refractivity contribution in [3.8, 4) is 0 Å². The van der Waals surface area contributed by atoms with E-state index in [9.17, 15) is 9.59 Å². The highest BCUT2D eigenvalue weighted by molar-refractivity contribution is 7.14. The predicted octanol–water partition coefficient (Wildman–Crippen LogP) is 3.30. The fraction of sp³-hybridized carbons (Fsp3) is 0.400. The maximum atomic E-state index is 11.9. The van der Waals surface area contributed by atoms with Crippen LogP contribution in [0.25, 0.3) is 0 Å². The van der Waals surface area contributed by atoms with Crippen molar-refractivity contribution in [1.82, 2.24) is 10.3 Å². The highest BCUT2D eigenvalue weighted by Gasteiger charge is 2.13. The highest BCUT2D eigenvalue weighted by atomic mass is 32.1. The predicted molar refractivity (Wildman–Crippen MR) is 90.6 cm³/mol. The summed E-state index contributed by atoms with van der Waals surface area (Å²) < 4.78 is 0. The Morgan fingerprint density at radius 3 is 2.68 bits per heavy atom. The molecule has 0 aliphatic heterocycles. The van der Waals surface area contributed by atoms with Crippen molar-refractivity contribution in [3.63, 3.8) is 0 Å². The van der Waals surface area contributed by atoms with Crippen LogP contribution >= 0.6 is 22.7 Å². The van der Waals surface area contributed by atoms with E-state index in [0.717, 1.165) is 12.8 Å². The zero-order valence-corrected chi connectivity index (χ0v) is 14.2. The molecule has 2 N–H and O–H groups in total. The minimum Gasteiger partial charge on any atom is -0.353 e. The van der Waals surface area contributed by atoms with Gasteiger partial charge >= 0.3 is 0 Å². The number of carbonyl (C=O) groups excluding carboxylic acids is 2. The Morgan fingerprint density at radius 1 is 1.27 bits per heavy atom. The molecule has 0 aliphatic rings. The van der Waals surface area contributed by atoms with Gasteiger partial charge in [-0.3, -0.25) is 14.9 Å². The smallest absolute Gasteiger partial charge is 0.267 e. The first-order valence-electron chi connectivity index (χ1n) is 7.21. The van der Waals surface area contributed by atoms with Crippen LogP contribution in [-0.2, 0) is 11.2 Å². The summed E-state index contributed by atoms with van der Waals surface area (Å²) in [6.45, 7) is 4.10. The molecular formula is C15H19N3O2S2. The van der Waals surface area contributed by atoms with Gasteiger partial charge in [-0.25, -0.2) is 4.98 Å². The standard InChI is InChI=1S/C15H19N3O2S2/c1-3-10(4-2)16-13(19)8-11-9-22-15(17-11)18-14(20)12-6-5-7-21-12/h5-7,9-10H,3-4,8H2,1-2H3,(H,16,19)(H,17,18,20). The number of nitrogens with zero attached hydrogens (tertiary/aromatic N) is 1. The van der Waals surface area contributed by atoms with E-state index in [2.05, 4.69) is 29.5 Å². The van der Waals surface area contributed by atoms with E-state index in [4.69, 9.17) is 0 Å². The van der Waals surface area contributed by atoms with Crippen LogP contribution in [0.5, 0.6) is 0 Å². The van der Waals surface area contributed by atoms with Crippen LogP contribution in [0.3, 0.4) is 0 Å². The molecule has 7 heteroatoms. The summed E-state index contributed by atoms with van der Waals surface area (Å²) in [6.07, 6.45) is 2.07. The summed E-state index contributed by atoms with van der Waals surface area (Å²) in [5.41, 5.74) is 0.676. The van der Waals surface area contributed by atoms with Crippen molar-refractivity contribution in [1.29, 1.82) is 0 Å². The third-order valence-electron chi connectivity index (χ3n) is 3.21. The number of carbonyl (C=O) groups is 2. The van der Waals surface area contributed by atoms with E-state index < -0.39 is 0 Å². The molecule has 0 fully saturated rings. The Kier molecular flexibility index (Phi) is 6.09. The molecule has 118 valence electrons. The van der Waals surface area contributed by atoms with Gasteiger partial charge in [-0.2, -0.15) is 0 Å². The molecule has 0 unspecified atom stereocenters. The summed E-state index contributed by atoms with van der Waals surface area (Å²) in [6, 6.07) is 3.80. The van der Waals surface area contributed by atoms with Gasteiger partial charge in [0.1, 0.15) is 0 Å². The van der Waals surface area contributed by atoms with Crippen molar-refractivity contribution < 1.29 is 9.59 Å². The molecule has 2 heterocycles. The van der Waals surface area contributed by atoms with Crippen LogP contribution < -0.4 is 10.6 Å². The fourth-order valence-corrected chi connectivity index (χ4v) is 3.27. The van der Waals surface area contributed by atoms with Gasteiger partial charge in [0.05, 0.1) is 17.0 Å². The van der Waals surface area contributed by atoms with Gasteiger partial charge < -0.3 is 5.32 Å². The van der Waals surface area contributed by atoms with Gasteiger partial charge in [-0.15, -0.1) is 22.7 Å². The number of nitrogens with one attached hydrogen (secondary N) is 2. The van der Waals surface area contributed by atoms with Crippen molar-refractivity contribution >= 4 is 39.6 Å². The summed E-state index contributed by atoms with van der Waals surface area (Å²) in [5.74, 6) is -0.201. The van der Waals surface area contributed by atoms with E-state index in [1.807, 2.05) is 11.4 Å². The number of thiophene rings is 1. The lowest BCUT2D eigenvalue weighted by atomic mass is 10.1. The van der Waals surface area contributed by atoms with Crippen LogP contribution in [0.4, 0.5) is 5.13 Å². The Hall–Kier alpha value is -1.73. The largest absolute Gasteiger partial charge is 0.353 e. The van der Waals surface area contributed by atoms with Crippen LogP contribution in [0, 0.1) is 0 Å². The quantitative estimate of drug-likeness (QED) is 0.814. The van der Waals surface area contributed by atoms with Crippen LogP contribution in [0.1, 0.15) is 42.1 Å². The van der Waals surface area contributed by atoms with Crippen LogP contribution in [0.2, 0.25) is 0 Å². The molecule has 2 amide bonds. The summed E-state index contributed by atoms with van der Waals surface area (Å²) in [7, 11) is 0. The molecule has 0 aromatic carbocycles. The lowest BCUT2D eigenvalue weighted by molar-refractivity contribution is -0.121. The van der Waals surface area contributed by atoms with Gasteiger partial charge in [0.2, 0.25) is 5.91 Å². The number of rotatable bonds is 7. The molecule has 0 saturated heterocycles. The molecule has 22 heavy (non-hydrogen) atoms. The molecule has 0 saturated carbocycles. The zero-order valence-electron chi connectivity index (χ0n) is 12.6. The Labute approximate surface area is 137 Å². The number of hydrogen-bond acceptors (Lipinski definition) is 5. The van der Waals surface area contributed by atoms with Gasteiger partial charge in [0.15, 0.2) is 5.13 Å². The molecule has 5 nitrogen and oxygen atoms in total. The summed E-state index contributed by atoms with van der Waals surface area (Å²) >= 11 is 2.71. The second-order valence-corrected chi connectivity index (χ2v) is 6.64. The molecule has 2 rings (SSSR count). The monoisotopic (exact) mass is 337 g/mol. The second-order valence-electron chi connectivity index (χ2n) is 4.83. The van der Waals surface area contributed by atoms with E-state index in [0.29, 0.717) is 15.7 Å². The topological polar surface area (TPSA) is 71.1 Å². The molecule has 0 radical (unpaired) electrons. The third-order valence-corrected chi connectivity index (χ3v) is 4.88. The first-order valence-corrected chi connectivity index (χ1v) is 8.96. The van der Waals surface area contributed by atoms with E-state index in [1.165, 1.54) is 22.7 Å². The van der Waals surface area contributed by atoms with E-state index >= 15 is 0 Å². The highest BCUT2D eigenvalue weighted by Crippen LogP contribution is 2.18. The van der Waals surface area contributed by atoms with E-state index in [-0.39, 0.29) is 24.3 Å². The Balaban J connectivity index is 1.88. The Bertz CT molecular complexity index is 619. The molecule has 0 atom stereocenters. The minimum atomic E-state index is -0.169. The number of thiazole rings is 1. The normalized spacial score (nSPS) is 10.7. The zero-order chi connectivity index (χ0) is 15.9. The molecule has 0 bridgehead atoms. The molecular weight excluding hydrogens is 318 g/mol. The summed E-state index contributed by atoms with van der Waals surface area (Å²) in [5, 5.41) is 9.90. The van der Waals surface area contributed by atoms with Gasteiger partial charge in [-0.05, 0) is 24.3 Å². The molecule has 2 aromatic heterocycles.